The van der Waals surface area contributed by atoms with Gasteiger partial charge in [-0.15, -0.1) is 11.3 Å². The molecule has 0 bridgehead atoms. The third kappa shape index (κ3) is 5.13. The predicted octanol–water partition coefficient (Wildman–Crippen LogP) is 3.44. The minimum atomic E-state index is -0.250. The van der Waals surface area contributed by atoms with Crippen molar-refractivity contribution in [3.63, 3.8) is 0 Å². The van der Waals surface area contributed by atoms with Gasteiger partial charge in [-0.2, -0.15) is 0 Å². The van der Waals surface area contributed by atoms with Crippen LogP contribution in [0, 0.1) is 0 Å². The molecule has 6 rings (SSSR count). The van der Waals surface area contributed by atoms with E-state index in [2.05, 4.69) is 21.3 Å². The number of aromatic nitrogens is 1. The zero-order valence-electron chi connectivity index (χ0n) is 20.7. The number of halogens is 1. The van der Waals surface area contributed by atoms with Crippen LogP contribution >= 0.6 is 22.9 Å². The standard InChI is InChI=1S/C26H27ClN4O3S.CH2O2/c27-16-8-15-2-1-7-30(18-10-17(14-32)29-12-18)25(15)21(9-16)20-5-6-28-22-11-19(35-26(20)22)13-31-23(33)3-4-24(31)34;2-1-3/h5-6,8-9,11,17-18,29,32H,1-4,7,10,12-14H2;1H,(H,2,3)/t17-,18+;/m0./s1. The monoisotopic (exact) mass is 556 g/mol. The fraction of sp³-hybridized carbons (Fsp3) is 0.407. The van der Waals surface area contributed by atoms with E-state index in [4.69, 9.17) is 21.5 Å². The van der Waals surface area contributed by atoms with Gasteiger partial charge in [-0.1, -0.05) is 11.6 Å². The number of anilines is 1. The number of hydrogen-bond donors (Lipinski definition) is 3. The second-order valence-electron chi connectivity index (χ2n) is 9.70. The fourth-order valence-corrected chi connectivity index (χ4v) is 7.09. The molecule has 2 aromatic heterocycles. The van der Waals surface area contributed by atoms with Crippen molar-refractivity contribution < 1.29 is 24.6 Å². The molecule has 2 atom stereocenters. The number of amides is 2. The van der Waals surface area contributed by atoms with Crippen LogP contribution in [0.25, 0.3) is 21.3 Å². The number of aryl methyl sites for hydroxylation is 1. The highest BCUT2D eigenvalue weighted by atomic mass is 35.5. The first kappa shape index (κ1) is 26.6. The van der Waals surface area contributed by atoms with Crippen molar-refractivity contribution in [2.75, 3.05) is 24.6 Å². The molecule has 3 N–H and O–H groups in total. The molecule has 3 aromatic rings. The molecule has 200 valence electrons. The van der Waals surface area contributed by atoms with Crippen molar-refractivity contribution in [2.24, 2.45) is 0 Å². The normalized spacial score (nSPS) is 21.0. The minimum Gasteiger partial charge on any atom is -0.483 e. The van der Waals surface area contributed by atoms with Gasteiger partial charge in [0.2, 0.25) is 11.8 Å². The number of nitrogens with one attached hydrogen (secondary N) is 1. The van der Waals surface area contributed by atoms with E-state index in [1.165, 1.54) is 16.2 Å². The number of aliphatic hydroxyl groups excluding tert-OH is 1. The number of hydrogen-bond acceptors (Lipinski definition) is 8. The molecular weight excluding hydrogens is 528 g/mol. The molecule has 0 saturated carbocycles. The molecule has 2 amide bonds. The number of pyridine rings is 1. The van der Waals surface area contributed by atoms with E-state index in [9.17, 15) is 14.7 Å². The highest BCUT2D eigenvalue weighted by Crippen LogP contribution is 2.45. The molecule has 2 saturated heterocycles. The van der Waals surface area contributed by atoms with Crippen molar-refractivity contribution in [1.82, 2.24) is 15.2 Å². The van der Waals surface area contributed by atoms with Crippen LogP contribution in [0.3, 0.4) is 0 Å². The van der Waals surface area contributed by atoms with Gasteiger partial charge in [0.1, 0.15) is 0 Å². The van der Waals surface area contributed by atoms with Crippen LogP contribution in [-0.4, -0.2) is 70.2 Å². The van der Waals surface area contributed by atoms with Gasteiger partial charge in [0, 0.05) is 70.9 Å². The van der Waals surface area contributed by atoms with Crippen LogP contribution < -0.4 is 10.2 Å². The number of benzene rings is 1. The Balaban J connectivity index is 0.000000937. The first-order valence-corrected chi connectivity index (χ1v) is 13.8. The Bertz CT molecular complexity index is 1360. The average Bonchev–Trinajstić information content (AvgIpc) is 3.63. The van der Waals surface area contributed by atoms with Gasteiger partial charge < -0.3 is 20.4 Å². The Morgan fingerprint density at radius 2 is 1.92 bits per heavy atom. The zero-order valence-corrected chi connectivity index (χ0v) is 22.3. The highest BCUT2D eigenvalue weighted by Gasteiger charge is 2.33. The van der Waals surface area contributed by atoms with Crippen molar-refractivity contribution in [1.29, 1.82) is 0 Å². The Morgan fingerprint density at radius 1 is 1.16 bits per heavy atom. The highest BCUT2D eigenvalue weighted by molar-refractivity contribution is 7.19. The van der Waals surface area contributed by atoms with E-state index in [0.29, 0.717) is 30.5 Å². The topological polar surface area (TPSA) is 123 Å². The lowest BCUT2D eigenvalue weighted by molar-refractivity contribution is -0.139. The Kier molecular flexibility index (Phi) is 7.94. The van der Waals surface area contributed by atoms with Crippen molar-refractivity contribution in [3.05, 3.63) is 45.9 Å². The Morgan fingerprint density at radius 3 is 2.63 bits per heavy atom. The number of nitrogens with zero attached hydrogens (tertiary/aromatic N) is 3. The van der Waals surface area contributed by atoms with Gasteiger partial charge in [-0.05, 0) is 49.1 Å². The number of thiophene rings is 1. The minimum absolute atomic E-state index is 0.105. The van der Waals surface area contributed by atoms with Crippen molar-refractivity contribution >= 4 is 57.1 Å². The number of aliphatic hydroxyl groups is 1. The van der Waals surface area contributed by atoms with Gasteiger partial charge >= 0.3 is 0 Å². The van der Waals surface area contributed by atoms with Gasteiger partial charge in [-0.3, -0.25) is 24.3 Å². The van der Waals surface area contributed by atoms with Gasteiger partial charge in [0.15, 0.2) is 0 Å². The molecule has 5 heterocycles. The van der Waals surface area contributed by atoms with Crippen molar-refractivity contribution in [3.8, 4) is 11.1 Å². The molecule has 3 aliphatic heterocycles. The van der Waals surface area contributed by atoms with E-state index in [-0.39, 0.29) is 30.9 Å². The number of carbonyl (C=O) groups is 3. The van der Waals surface area contributed by atoms with Crippen LogP contribution in [-0.2, 0) is 27.3 Å². The third-order valence-corrected chi connectivity index (χ3v) is 8.73. The summed E-state index contributed by atoms with van der Waals surface area (Å²) in [5.41, 5.74) is 5.49. The summed E-state index contributed by atoms with van der Waals surface area (Å²) in [6.07, 6.45) is 5.37. The second-order valence-corrected chi connectivity index (χ2v) is 11.3. The zero-order chi connectivity index (χ0) is 26.8. The quantitative estimate of drug-likeness (QED) is 0.323. The lowest BCUT2D eigenvalue weighted by Crippen LogP contribution is -2.40. The summed E-state index contributed by atoms with van der Waals surface area (Å²) in [6.45, 7) is 2.01. The van der Waals surface area contributed by atoms with Gasteiger partial charge in [-0.25, -0.2) is 0 Å². The summed E-state index contributed by atoms with van der Waals surface area (Å²) in [5, 5.41) is 20.7. The third-order valence-electron chi connectivity index (χ3n) is 7.37. The Hall–Kier alpha value is -3.05. The molecule has 0 radical (unpaired) electrons. The first-order chi connectivity index (χ1) is 18.4. The average molecular weight is 557 g/mol. The molecule has 0 unspecified atom stereocenters. The summed E-state index contributed by atoms with van der Waals surface area (Å²) in [5.74, 6) is -0.210. The number of rotatable bonds is 5. The molecule has 11 heteroatoms. The van der Waals surface area contributed by atoms with E-state index >= 15 is 0 Å². The van der Waals surface area contributed by atoms with E-state index < -0.39 is 0 Å². The van der Waals surface area contributed by atoms with Crippen LogP contribution in [0.2, 0.25) is 5.02 Å². The van der Waals surface area contributed by atoms with Crippen molar-refractivity contribution in [2.45, 2.75) is 50.7 Å². The molecule has 2 fully saturated rings. The lowest BCUT2D eigenvalue weighted by Gasteiger charge is -2.38. The molecular formula is C27H29ClN4O5S. The fourth-order valence-electron chi connectivity index (χ4n) is 5.71. The van der Waals surface area contributed by atoms with E-state index in [0.717, 1.165) is 58.6 Å². The summed E-state index contributed by atoms with van der Waals surface area (Å²) in [7, 11) is 0. The summed E-state index contributed by atoms with van der Waals surface area (Å²) >= 11 is 8.22. The SMILES string of the molecule is O=C1CCC(=O)N1Cc1cc2nccc(-c3cc(Cl)cc4c3N([C@H]3CN[C@H](CO)C3)CCC4)c2s1.O=CO. The summed E-state index contributed by atoms with van der Waals surface area (Å²) < 4.78 is 1.04. The second kappa shape index (κ2) is 11.4. The number of carbonyl (C=O) groups excluding carboxylic acids is 2. The van der Waals surface area contributed by atoms with Crippen LogP contribution in [0.1, 0.15) is 36.1 Å². The van der Waals surface area contributed by atoms with Gasteiger partial charge in [0.05, 0.1) is 23.4 Å². The number of imide groups is 1. The van der Waals surface area contributed by atoms with Crippen LogP contribution in [0.15, 0.2) is 30.5 Å². The molecule has 1 aromatic carbocycles. The summed E-state index contributed by atoms with van der Waals surface area (Å²) in [4.78, 5) is 42.1. The first-order valence-electron chi connectivity index (χ1n) is 12.7. The van der Waals surface area contributed by atoms with Crippen LogP contribution in [0.5, 0.6) is 0 Å². The molecule has 3 aliphatic rings. The lowest BCUT2D eigenvalue weighted by atomic mass is 9.92. The van der Waals surface area contributed by atoms with E-state index in [1.54, 1.807) is 11.3 Å². The maximum absolute atomic E-state index is 12.2. The molecule has 9 nitrogen and oxygen atoms in total. The maximum atomic E-state index is 12.2. The number of carboxylic acid groups (broad SMARTS) is 1. The molecule has 0 aliphatic carbocycles. The van der Waals surface area contributed by atoms with Gasteiger partial charge in [0.25, 0.3) is 6.47 Å². The number of likely N-dealkylation sites (tertiary alicyclic amines) is 1. The molecule has 0 spiro atoms. The maximum Gasteiger partial charge on any atom is 0.290 e. The largest absolute Gasteiger partial charge is 0.483 e. The smallest absolute Gasteiger partial charge is 0.290 e. The number of fused-ring (bicyclic) bond motifs is 2. The predicted molar refractivity (Wildman–Crippen MR) is 146 cm³/mol. The molecule has 38 heavy (non-hydrogen) atoms. The Labute approximate surface area is 229 Å². The van der Waals surface area contributed by atoms with E-state index in [1.807, 2.05) is 24.4 Å². The summed E-state index contributed by atoms with van der Waals surface area (Å²) in [6, 6.07) is 8.60. The van der Waals surface area contributed by atoms with Crippen LogP contribution in [0.4, 0.5) is 5.69 Å².